The van der Waals surface area contributed by atoms with Crippen LogP contribution in [0.25, 0.3) is 54.0 Å². The van der Waals surface area contributed by atoms with E-state index in [-0.39, 0.29) is 24.9 Å². The number of halogens is 1. The van der Waals surface area contributed by atoms with Gasteiger partial charge in [-0.25, -0.2) is 0 Å². The summed E-state index contributed by atoms with van der Waals surface area (Å²) in [5.74, 6) is 0.0591. The molecule has 0 fully saturated rings. The topological polar surface area (TPSA) is 57.5 Å². The number of hydrogen-bond donors (Lipinski definition) is 0. The van der Waals surface area contributed by atoms with Gasteiger partial charge >= 0.3 is 5.97 Å². The molecular formula is C40H28ClNO4. The Kier molecular flexibility index (Phi) is 6.66. The van der Waals surface area contributed by atoms with Crippen molar-refractivity contribution in [1.82, 2.24) is 4.57 Å². The van der Waals surface area contributed by atoms with Crippen LogP contribution in [-0.4, -0.2) is 23.6 Å². The molecule has 0 aliphatic carbocycles. The summed E-state index contributed by atoms with van der Waals surface area (Å²) in [5, 5.41) is 10.9. The molecule has 224 valence electrons. The van der Waals surface area contributed by atoms with Crippen molar-refractivity contribution in [2.45, 2.75) is 20.0 Å². The molecule has 0 radical (unpaired) electrons. The van der Waals surface area contributed by atoms with Crippen LogP contribution in [0.15, 0.2) is 109 Å². The Labute approximate surface area is 269 Å². The number of methoxy groups -OCH3 is 1. The van der Waals surface area contributed by atoms with E-state index in [1.807, 2.05) is 25.1 Å². The molecule has 5 nitrogen and oxygen atoms in total. The zero-order chi connectivity index (χ0) is 31.5. The molecule has 6 heteroatoms. The molecule has 0 atom stereocenters. The summed E-state index contributed by atoms with van der Waals surface area (Å²) in [6, 6.07) is 35.8. The highest BCUT2D eigenvalue weighted by Crippen LogP contribution is 2.41. The van der Waals surface area contributed by atoms with Crippen LogP contribution < -0.4 is 4.74 Å². The van der Waals surface area contributed by atoms with E-state index in [0.717, 1.165) is 21.9 Å². The molecule has 0 saturated heterocycles. The fraction of sp³-hybridized carbons (Fsp3) is 0.100. The first-order valence-corrected chi connectivity index (χ1v) is 15.5. The Morgan fingerprint density at radius 2 is 1.37 bits per heavy atom. The average molecular weight is 622 g/mol. The summed E-state index contributed by atoms with van der Waals surface area (Å²) in [6.45, 7) is 1.99. The van der Waals surface area contributed by atoms with Gasteiger partial charge < -0.3 is 9.47 Å². The van der Waals surface area contributed by atoms with Crippen LogP contribution in [0.4, 0.5) is 0 Å². The SMILES string of the molecule is COc1ccc2c(c1)c(CC(=O)OCc1ccc3c4cccc5cccc(c6cccc1c63)c54)c(C)n2C(=O)c1ccc(Cl)cc1. The molecule has 0 spiro atoms. The highest BCUT2D eigenvalue weighted by Gasteiger charge is 2.23. The van der Waals surface area contributed by atoms with E-state index in [9.17, 15) is 9.59 Å². The van der Waals surface area contributed by atoms with Gasteiger partial charge in [-0.2, -0.15) is 0 Å². The summed E-state index contributed by atoms with van der Waals surface area (Å²) in [6.07, 6.45) is 0.00698. The van der Waals surface area contributed by atoms with Gasteiger partial charge in [-0.05, 0) is 104 Å². The van der Waals surface area contributed by atoms with Crippen LogP contribution in [0.1, 0.15) is 27.2 Å². The maximum absolute atomic E-state index is 13.7. The molecule has 0 saturated carbocycles. The van der Waals surface area contributed by atoms with E-state index >= 15 is 0 Å². The first kappa shape index (κ1) is 28.1. The zero-order valence-corrected chi connectivity index (χ0v) is 26.0. The molecule has 8 rings (SSSR count). The third-order valence-electron chi connectivity index (χ3n) is 9.16. The molecule has 46 heavy (non-hydrogen) atoms. The van der Waals surface area contributed by atoms with E-state index in [1.54, 1.807) is 35.9 Å². The van der Waals surface area contributed by atoms with Gasteiger partial charge in [0.25, 0.3) is 5.91 Å². The third-order valence-corrected chi connectivity index (χ3v) is 9.41. The maximum Gasteiger partial charge on any atom is 0.310 e. The van der Waals surface area contributed by atoms with Crippen molar-refractivity contribution in [3.63, 3.8) is 0 Å². The number of carbonyl (C=O) groups excluding carboxylic acids is 2. The second-order valence-corrected chi connectivity index (χ2v) is 12.1. The molecule has 0 aliphatic rings. The minimum atomic E-state index is -0.375. The lowest BCUT2D eigenvalue weighted by Crippen LogP contribution is -2.14. The molecule has 0 amide bonds. The summed E-state index contributed by atoms with van der Waals surface area (Å²) in [5.41, 5.74) is 3.53. The fourth-order valence-corrected chi connectivity index (χ4v) is 7.11. The Hall–Kier alpha value is -5.39. The molecular weight excluding hydrogens is 594 g/mol. The van der Waals surface area contributed by atoms with Crippen molar-refractivity contribution >= 4 is 77.5 Å². The molecule has 7 aromatic carbocycles. The van der Waals surface area contributed by atoms with Gasteiger partial charge in [0.2, 0.25) is 0 Å². The van der Waals surface area contributed by atoms with Crippen LogP contribution in [-0.2, 0) is 22.6 Å². The molecule has 1 heterocycles. The second kappa shape index (κ2) is 10.9. The van der Waals surface area contributed by atoms with Crippen molar-refractivity contribution < 1.29 is 19.1 Å². The van der Waals surface area contributed by atoms with Gasteiger partial charge in [0.1, 0.15) is 12.4 Å². The quantitative estimate of drug-likeness (QED) is 0.105. The lowest BCUT2D eigenvalue weighted by atomic mass is 9.88. The fourth-order valence-electron chi connectivity index (χ4n) is 6.98. The third kappa shape index (κ3) is 4.38. The number of fused-ring (bicyclic) bond motifs is 3. The second-order valence-electron chi connectivity index (χ2n) is 11.6. The van der Waals surface area contributed by atoms with E-state index in [4.69, 9.17) is 21.1 Å². The zero-order valence-electron chi connectivity index (χ0n) is 25.3. The van der Waals surface area contributed by atoms with E-state index in [0.29, 0.717) is 27.5 Å². The molecule has 0 N–H and O–H groups in total. The van der Waals surface area contributed by atoms with E-state index in [1.165, 1.54) is 37.7 Å². The molecule has 0 aliphatic heterocycles. The van der Waals surface area contributed by atoms with Crippen LogP contribution >= 0.6 is 11.6 Å². The predicted molar refractivity (Wildman–Crippen MR) is 186 cm³/mol. The maximum atomic E-state index is 13.7. The van der Waals surface area contributed by atoms with Gasteiger partial charge in [-0.3, -0.25) is 14.2 Å². The van der Waals surface area contributed by atoms with Gasteiger partial charge in [-0.15, -0.1) is 0 Å². The normalized spacial score (nSPS) is 11.7. The number of esters is 1. The number of aromatic nitrogens is 1. The lowest BCUT2D eigenvalue weighted by Gasteiger charge is -2.16. The highest BCUT2D eigenvalue weighted by molar-refractivity contribution is 6.33. The number of benzene rings is 7. The van der Waals surface area contributed by atoms with Crippen molar-refractivity contribution in [1.29, 1.82) is 0 Å². The average Bonchev–Trinajstić information content (AvgIpc) is 3.35. The molecule has 0 unspecified atom stereocenters. The van der Waals surface area contributed by atoms with Gasteiger partial charge in [0, 0.05) is 21.7 Å². The summed E-state index contributed by atoms with van der Waals surface area (Å²) >= 11 is 6.07. The molecule has 8 aromatic rings. The van der Waals surface area contributed by atoms with Crippen molar-refractivity contribution in [3.8, 4) is 5.75 Å². The standard InChI is InChI=1S/C40H28ClNO4/c1-23-34(35-20-28(45-2)17-19-36(35)42(23)40(44)25-12-15-27(41)16-13-25)21-37(43)46-22-26-14-18-33-31-10-4-7-24-6-3-9-30(38(24)31)32-11-5-8-29(26)39(32)33/h3-20H,21-22H2,1-2H3. The Balaban J connectivity index is 1.14. The van der Waals surface area contributed by atoms with Crippen LogP contribution in [0.5, 0.6) is 5.75 Å². The lowest BCUT2D eigenvalue weighted by molar-refractivity contribution is -0.144. The van der Waals surface area contributed by atoms with E-state index in [2.05, 4.69) is 66.7 Å². The first-order valence-electron chi connectivity index (χ1n) is 15.1. The van der Waals surface area contributed by atoms with Gasteiger partial charge in [0.05, 0.1) is 19.0 Å². The van der Waals surface area contributed by atoms with Crippen molar-refractivity contribution in [2.75, 3.05) is 7.11 Å². The van der Waals surface area contributed by atoms with E-state index < -0.39 is 0 Å². The van der Waals surface area contributed by atoms with Gasteiger partial charge in [0.15, 0.2) is 0 Å². The Morgan fingerprint density at radius 3 is 2.09 bits per heavy atom. The largest absolute Gasteiger partial charge is 0.497 e. The van der Waals surface area contributed by atoms with Crippen LogP contribution in [0.2, 0.25) is 5.02 Å². The van der Waals surface area contributed by atoms with Crippen molar-refractivity contribution in [2.24, 2.45) is 0 Å². The van der Waals surface area contributed by atoms with Crippen LogP contribution in [0.3, 0.4) is 0 Å². The monoisotopic (exact) mass is 621 g/mol. The van der Waals surface area contributed by atoms with Crippen LogP contribution in [0, 0.1) is 6.92 Å². The number of hydrogen-bond acceptors (Lipinski definition) is 4. The molecule has 0 bridgehead atoms. The highest BCUT2D eigenvalue weighted by atomic mass is 35.5. The van der Waals surface area contributed by atoms with Crippen molar-refractivity contribution in [3.05, 3.63) is 137 Å². The molecule has 1 aromatic heterocycles. The first-order chi connectivity index (χ1) is 22.4. The Morgan fingerprint density at radius 1 is 0.717 bits per heavy atom. The minimum absolute atomic E-state index is 0.00698. The number of carbonyl (C=O) groups is 2. The number of rotatable bonds is 6. The number of ether oxygens (including phenoxy) is 2. The Bertz CT molecular complexity index is 2440. The summed E-state index contributed by atoms with van der Waals surface area (Å²) in [4.78, 5) is 27.2. The summed E-state index contributed by atoms with van der Waals surface area (Å²) in [7, 11) is 1.59. The predicted octanol–water partition coefficient (Wildman–Crippen LogP) is 9.64. The van der Waals surface area contributed by atoms with Gasteiger partial charge in [-0.1, -0.05) is 78.3 Å². The smallest absolute Gasteiger partial charge is 0.310 e. The minimum Gasteiger partial charge on any atom is -0.497 e. The summed E-state index contributed by atoms with van der Waals surface area (Å²) < 4.78 is 13.1. The number of nitrogens with zero attached hydrogens (tertiary/aromatic N) is 1.